The molecule has 2 aliphatic rings. The topological polar surface area (TPSA) is 15.3 Å². The first kappa shape index (κ1) is 13.7. The number of benzene rings is 1. The van der Waals surface area contributed by atoms with Crippen LogP contribution < -0.4 is 5.32 Å². The van der Waals surface area contributed by atoms with Gasteiger partial charge in [-0.05, 0) is 62.7 Å². The summed E-state index contributed by atoms with van der Waals surface area (Å²) in [5.74, 6) is 0.849. The molecule has 2 atom stereocenters. The third kappa shape index (κ3) is 3.01. The second-order valence-electron chi connectivity index (χ2n) is 6.70. The van der Waals surface area contributed by atoms with Crippen LogP contribution in [0.4, 0.5) is 0 Å². The minimum Gasteiger partial charge on any atom is -0.309 e. The lowest BCUT2D eigenvalue weighted by molar-refractivity contribution is 0.310. The van der Waals surface area contributed by atoms with Crippen molar-refractivity contribution in [3.63, 3.8) is 0 Å². The second-order valence-corrected chi connectivity index (χ2v) is 7.81. The van der Waals surface area contributed by atoms with E-state index in [2.05, 4.69) is 47.5 Å². The predicted molar refractivity (Wildman–Crippen MR) is 90.9 cm³/mol. The van der Waals surface area contributed by atoms with Crippen LogP contribution in [0.3, 0.4) is 0 Å². The Kier molecular flexibility index (Phi) is 3.74. The van der Waals surface area contributed by atoms with E-state index in [1.165, 1.54) is 53.9 Å². The molecule has 1 aromatic carbocycles. The Bertz CT molecular complexity index is 583. The molecule has 2 fully saturated rings. The number of fused-ring (bicyclic) bond motifs is 1. The van der Waals surface area contributed by atoms with Gasteiger partial charge < -0.3 is 10.2 Å². The smallest absolute Gasteiger partial charge is 0.0386 e. The second kappa shape index (κ2) is 5.71. The van der Waals surface area contributed by atoms with E-state index < -0.39 is 0 Å². The van der Waals surface area contributed by atoms with Gasteiger partial charge in [-0.1, -0.05) is 18.2 Å². The van der Waals surface area contributed by atoms with Gasteiger partial charge in [-0.2, -0.15) is 0 Å². The summed E-state index contributed by atoms with van der Waals surface area (Å²) < 4.78 is 1.40. The average molecular weight is 300 g/mol. The summed E-state index contributed by atoms with van der Waals surface area (Å²) in [4.78, 5) is 4.17. The van der Waals surface area contributed by atoms with E-state index in [4.69, 9.17) is 0 Å². The monoisotopic (exact) mass is 300 g/mol. The Morgan fingerprint density at radius 2 is 2.14 bits per heavy atom. The lowest BCUT2D eigenvalue weighted by Crippen LogP contribution is -2.28. The van der Waals surface area contributed by atoms with E-state index in [1.807, 2.05) is 11.3 Å². The molecular formula is C18H24N2S. The molecule has 2 unspecified atom stereocenters. The van der Waals surface area contributed by atoms with Crippen molar-refractivity contribution in [1.82, 2.24) is 10.2 Å². The van der Waals surface area contributed by atoms with Crippen LogP contribution in [0.2, 0.25) is 0 Å². The number of thiophene rings is 1. The molecule has 0 radical (unpaired) electrons. The lowest BCUT2D eigenvalue weighted by Gasteiger charge is -2.17. The van der Waals surface area contributed by atoms with Crippen molar-refractivity contribution < 1.29 is 0 Å². The molecule has 0 bridgehead atoms. The summed E-state index contributed by atoms with van der Waals surface area (Å²) in [5.41, 5.74) is 0. The minimum absolute atomic E-state index is 0.470. The molecule has 1 N–H and O–H groups in total. The maximum Gasteiger partial charge on any atom is 0.0386 e. The standard InChI is InChI=1S/C18H24N2S/c1-13(18-10-15-4-2-3-5-17(15)21-18)19-11-14-8-9-20(12-14)16-6-7-16/h2-5,10,13-14,16,19H,6-9,11-12H2,1H3. The molecule has 4 rings (SSSR count). The summed E-state index contributed by atoms with van der Waals surface area (Å²) in [6, 6.07) is 12.5. The van der Waals surface area contributed by atoms with Crippen LogP contribution in [0, 0.1) is 5.92 Å². The van der Waals surface area contributed by atoms with Gasteiger partial charge in [0.2, 0.25) is 0 Å². The van der Waals surface area contributed by atoms with E-state index in [0.29, 0.717) is 6.04 Å². The van der Waals surface area contributed by atoms with Gasteiger partial charge >= 0.3 is 0 Å². The molecule has 1 saturated carbocycles. The lowest BCUT2D eigenvalue weighted by atomic mass is 10.1. The third-order valence-electron chi connectivity index (χ3n) is 4.96. The van der Waals surface area contributed by atoms with E-state index in [-0.39, 0.29) is 0 Å². The normalized spacial score (nSPS) is 24.7. The molecule has 2 nitrogen and oxygen atoms in total. The molecule has 1 aromatic heterocycles. The van der Waals surface area contributed by atoms with Gasteiger partial charge in [0, 0.05) is 28.2 Å². The van der Waals surface area contributed by atoms with Crippen molar-refractivity contribution in [3.05, 3.63) is 35.2 Å². The van der Waals surface area contributed by atoms with Gasteiger partial charge in [-0.3, -0.25) is 0 Å². The largest absolute Gasteiger partial charge is 0.309 e. The number of likely N-dealkylation sites (tertiary alicyclic amines) is 1. The van der Waals surface area contributed by atoms with Crippen molar-refractivity contribution in [1.29, 1.82) is 0 Å². The molecule has 0 spiro atoms. The van der Waals surface area contributed by atoms with Crippen LogP contribution in [-0.4, -0.2) is 30.6 Å². The summed E-state index contributed by atoms with van der Waals surface area (Å²) in [5, 5.41) is 5.15. The fraction of sp³-hybridized carbons (Fsp3) is 0.556. The molecule has 1 aliphatic carbocycles. The number of hydrogen-bond acceptors (Lipinski definition) is 3. The fourth-order valence-corrected chi connectivity index (χ4v) is 4.55. The molecule has 1 aliphatic heterocycles. The molecule has 112 valence electrons. The highest BCUT2D eigenvalue weighted by molar-refractivity contribution is 7.19. The fourth-order valence-electron chi connectivity index (χ4n) is 3.46. The summed E-state index contributed by atoms with van der Waals surface area (Å²) >= 11 is 1.93. The van der Waals surface area contributed by atoms with Gasteiger partial charge in [0.15, 0.2) is 0 Å². The van der Waals surface area contributed by atoms with Crippen molar-refractivity contribution in [2.45, 2.75) is 38.3 Å². The Morgan fingerprint density at radius 3 is 2.95 bits per heavy atom. The molecule has 3 heteroatoms. The van der Waals surface area contributed by atoms with Gasteiger partial charge in [0.1, 0.15) is 0 Å². The highest BCUT2D eigenvalue weighted by atomic mass is 32.1. The number of rotatable bonds is 5. The van der Waals surface area contributed by atoms with Crippen LogP contribution in [0.15, 0.2) is 30.3 Å². The van der Waals surface area contributed by atoms with Crippen molar-refractivity contribution in [2.24, 2.45) is 5.92 Å². The first-order valence-electron chi connectivity index (χ1n) is 8.25. The number of nitrogens with zero attached hydrogens (tertiary/aromatic N) is 1. The molecule has 21 heavy (non-hydrogen) atoms. The van der Waals surface area contributed by atoms with Crippen molar-refractivity contribution in [3.8, 4) is 0 Å². The Labute approximate surface area is 131 Å². The van der Waals surface area contributed by atoms with Gasteiger partial charge in [0.25, 0.3) is 0 Å². The Morgan fingerprint density at radius 1 is 1.29 bits per heavy atom. The molecule has 0 amide bonds. The highest BCUT2D eigenvalue weighted by Gasteiger charge is 2.34. The van der Waals surface area contributed by atoms with Gasteiger partial charge in [0.05, 0.1) is 0 Å². The van der Waals surface area contributed by atoms with Crippen molar-refractivity contribution >= 4 is 21.4 Å². The molecule has 1 saturated heterocycles. The van der Waals surface area contributed by atoms with Gasteiger partial charge in [-0.15, -0.1) is 11.3 Å². The predicted octanol–water partition coefficient (Wildman–Crippen LogP) is 4.04. The molecule has 2 aromatic rings. The average Bonchev–Trinajstić information content (AvgIpc) is 3.09. The van der Waals surface area contributed by atoms with E-state index in [1.54, 1.807) is 0 Å². The van der Waals surface area contributed by atoms with Crippen LogP contribution in [-0.2, 0) is 0 Å². The molecule has 2 heterocycles. The van der Waals surface area contributed by atoms with Crippen LogP contribution in [0.5, 0.6) is 0 Å². The maximum absolute atomic E-state index is 3.77. The summed E-state index contributed by atoms with van der Waals surface area (Å²) in [6.45, 7) is 6.11. The first-order chi connectivity index (χ1) is 10.3. The Hall–Kier alpha value is -0.900. The van der Waals surface area contributed by atoms with E-state index >= 15 is 0 Å². The number of nitrogens with one attached hydrogen (secondary N) is 1. The first-order valence-corrected chi connectivity index (χ1v) is 9.07. The van der Waals surface area contributed by atoms with E-state index in [0.717, 1.165) is 12.0 Å². The third-order valence-corrected chi connectivity index (χ3v) is 6.26. The zero-order valence-corrected chi connectivity index (χ0v) is 13.5. The van der Waals surface area contributed by atoms with Crippen LogP contribution in [0.25, 0.3) is 10.1 Å². The number of hydrogen-bond donors (Lipinski definition) is 1. The van der Waals surface area contributed by atoms with Crippen molar-refractivity contribution in [2.75, 3.05) is 19.6 Å². The van der Waals surface area contributed by atoms with Crippen LogP contribution >= 0.6 is 11.3 Å². The van der Waals surface area contributed by atoms with E-state index in [9.17, 15) is 0 Å². The summed E-state index contributed by atoms with van der Waals surface area (Å²) in [6.07, 6.45) is 4.26. The highest BCUT2D eigenvalue weighted by Crippen LogP contribution is 2.32. The minimum atomic E-state index is 0.470. The van der Waals surface area contributed by atoms with Crippen LogP contribution in [0.1, 0.15) is 37.1 Å². The maximum atomic E-state index is 3.77. The molecular weight excluding hydrogens is 276 g/mol. The quantitative estimate of drug-likeness (QED) is 0.896. The SMILES string of the molecule is CC(NCC1CCN(C2CC2)C1)c1cc2ccccc2s1. The summed E-state index contributed by atoms with van der Waals surface area (Å²) in [7, 11) is 0. The zero-order valence-electron chi connectivity index (χ0n) is 12.7. The Balaban J connectivity index is 1.34. The van der Waals surface area contributed by atoms with Gasteiger partial charge in [-0.25, -0.2) is 0 Å². The zero-order chi connectivity index (χ0) is 14.2.